The number of alkyl halides is 3. The number of aryl methyl sites for hydroxylation is 1. The van der Waals surface area contributed by atoms with E-state index in [1.807, 2.05) is 0 Å². The number of benzene rings is 1. The molecule has 0 aliphatic heterocycles. The van der Waals surface area contributed by atoms with Gasteiger partial charge in [0, 0.05) is 12.0 Å². The monoisotopic (exact) mass is 271 g/mol. The molecule has 1 aromatic heterocycles. The molecule has 0 bridgehead atoms. The van der Waals surface area contributed by atoms with Gasteiger partial charge in [0.05, 0.1) is 5.56 Å². The van der Waals surface area contributed by atoms with Crippen molar-refractivity contribution in [1.82, 2.24) is 10.1 Å². The van der Waals surface area contributed by atoms with E-state index in [1.165, 1.54) is 12.1 Å². The molecule has 4 nitrogen and oxygen atoms in total. The Hall–Kier alpha value is -1.89. The largest absolute Gasteiger partial charge is 0.416 e. The summed E-state index contributed by atoms with van der Waals surface area (Å²) in [5, 5.41) is 3.74. The maximum Gasteiger partial charge on any atom is 0.416 e. The molecule has 0 amide bonds. The van der Waals surface area contributed by atoms with E-state index in [-0.39, 0.29) is 5.89 Å². The molecule has 0 aliphatic rings. The minimum absolute atomic E-state index is 0.209. The van der Waals surface area contributed by atoms with Crippen LogP contribution in [0.1, 0.15) is 17.8 Å². The van der Waals surface area contributed by atoms with Crippen LogP contribution in [-0.2, 0) is 12.6 Å². The summed E-state index contributed by atoms with van der Waals surface area (Å²) < 4.78 is 42.2. The Morgan fingerprint density at radius 2 is 1.84 bits per heavy atom. The van der Waals surface area contributed by atoms with Crippen LogP contribution in [0.2, 0.25) is 0 Å². The number of hydrogen-bond acceptors (Lipinski definition) is 4. The Kier molecular flexibility index (Phi) is 3.84. The maximum atomic E-state index is 12.4. The van der Waals surface area contributed by atoms with Crippen LogP contribution in [0.15, 0.2) is 28.8 Å². The molecule has 2 rings (SSSR count). The second-order valence-electron chi connectivity index (χ2n) is 3.98. The molecule has 0 radical (unpaired) electrons. The van der Waals surface area contributed by atoms with Gasteiger partial charge in [-0.2, -0.15) is 18.2 Å². The van der Waals surface area contributed by atoms with Gasteiger partial charge in [0.1, 0.15) is 0 Å². The van der Waals surface area contributed by atoms with Crippen LogP contribution < -0.4 is 5.73 Å². The molecule has 2 N–H and O–H groups in total. The first-order valence-corrected chi connectivity index (χ1v) is 5.71. The van der Waals surface area contributed by atoms with Gasteiger partial charge in [-0.05, 0) is 37.2 Å². The highest BCUT2D eigenvalue weighted by Crippen LogP contribution is 2.30. The lowest BCUT2D eigenvalue weighted by Crippen LogP contribution is -2.04. The maximum absolute atomic E-state index is 12.4. The van der Waals surface area contributed by atoms with Crippen molar-refractivity contribution in [2.24, 2.45) is 5.73 Å². The van der Waals surface area contributed by atoms with E-state index in [0.29, 0.717) is 24.4 Å². The zero-order valence-electron chi connectivity index (χ0n) is 9.94. The number of aromatic nitrogens is 2. The van der Waals surface area contributed by atoms with Gasteiger partial charge in [0.25, 0.3) is 5.89 Å². The van der Waals surface area contributed by atoms with Gasteiger partial charge in [0.15, 0.2) is 5.82 Å². The third-order valence-corrected chi connectivity index (χ3v) is 2.53. The topological polar surface area (TPSA) is 64.9 Å². The summed E-state index contributed by atoms with van der Waals surface area (Å²) in [5.41, 5.74) is 5.11. The Morgan fingerprint density at radius 3 is 2.42 bits per heavy atom. The Morgan fingerprint density at radius 1 is 1.16 bits per heavy atom. The highest BCUT2D eigenvalue weighted by atomic mass is 19.4. The average molecular weight is 271 g/mol. The van der Waals surface area contributed by atoms with E-state index in [4.69, 9.17) is 10.3 Å². The molecule has 1 aromatic carbocycles. The Labute approximate surface area is 107 Å². The second kappa shape index (κ2) is 5.40. The van der Waals surface area contributed by atoms with Gasteiger partial charge in [-0.15, -0.1) is 0 Å². The van der Waals surface area contributed by atoms with Crippen LogP contribution in [0, 0.1) is 0 Å². The van der Waals surface area contributed by atoms with Crippen LogP contribution >= 0.6 is 0 Å². The zero-order chi connectivity index (χ0) is 13.9. The predicted octanol–water partition coefficient (Wildman–Crippen LogP) is 2.65. The van der Waals surface area contributed by atoms with Crippen molar-refractivity contribution in [2.75, 3.05) is 6.54 Å². The highest BCUT2D eigenvalue weighted by Gasteiger charge is 2.30. The summed E-state index contributed by atoms with van der Waals surface area (Å²) in [6, 6.07) is 4.59. The fourth-order valence-corrected chi connectivity index (χ4v) is 1.53. The third-order valence-electron chi connectivity index (χ3n) is 2.53. The fourth-order valence-electron chi connectivity index (χ4n) is 1.53. The normalized spacial score (nSPS) is 11.8. The molecule has 2 aromatic rings. The SMILES string of the molecule is NCCCc1noc(-c2ccc(C(F)(F)F)cc2)n1. The summed E-state index contributed by atoms with van der Waals surface area (Å²) in [4.78, 5) is 4.10. The molecule has 0 spiro atoms. The number of nitrogens with zero attached hydrogens (tertiary/aromatic N) is 2. The molecule has 0 aliphatic carbocycles. The van der Waals surface area contributed by atoms with Gasteiger partial charge in [0.2, 0.25) is 0 Å². The summed E-state index contributed by atoms with van der Waals surface area (Å²) in [6.45, 7) is 0.518. The van der Waals surface area contributed by atoms with Crippen molar-refractivity contribution in [3.63, 3.8) is 0 Å². The number of halogens is 3. The first-order chi connectivity index (χ1) is 9.00. The number of hydrogen-bond donors (Lipinski definition) is 1. The van der Waals surface area contributed by atoms with Crippen molar-refractivity contribution >= 4 is 0 Å². The number of rotatable bonds is 4. The van der Waals surface area contributed by atoms with Crippen molar-refractivity contribution in [2.45, 2.75) is 19.0 Å². The molecule has 0 unspecified atom stereocenters. The lowest BCUT2D eigenvalue weighted by atomic mass is 10.1. The smallest absolute Gasteiger partial charge is 0.334 e. The second-order valence-corrected chi connectivity index (χ2v) is 3.98. The first-order valence-electron chi connectivity index (χ1n) is 5.71. The van der Waals surface area contributed by atoms with Crippen LogP contribution in [0.3, 0.4) is 0 Å². The lowest BCUT2D eigenvalue weighted by molar-refractivity contribution is -0.137. The summed E-state index contributed by atoms with van der Waals surface area (Å²) >= 11 is 0. The van der Waals surface area contributed by atoms with E-state index in [9.17, 15) is 13.2 Å². The highest BCUT2D eigenvalue weighted by molar-refractivity contribution is 5.53. The van der Waals surface area contributed by atoms with Crippen LogP contribution in [-0.4, -0.2) is 16.7 Å². The summed E-state index contributed by atoms with van der Waals surface area (Å²) in [7, 11) is 0. The van der Waals surface area contributed by atoms with Crippen molar-refractivity contribution in [3.05, 3.63) is 35.7 Å². The van der Waals surface area contributed by atoms with Crippen molar-refractivity contribution in [3.8, 4) is 11.5 Å². The van der Waals surface area contributed by atoms with Crippen LogP contribution in [0.5, 0.6) is 0 Å². The molecule has 0 fully saturated rings. The zero-order valence-corrected chi connectivity index (χ0v) is 9.94. The Bertz CT molecular complexity index is 534. The van der Waals surface area contributed by atoms with Gasteiger partial charge in [-0.1, -0.05) is 5.16 Å². The van der Waals surface area contributed by atoms with Gasteiger partial charge < -0.3 is 10.3 Å². The lowest BCUT2D eigenvalue weighted by Gasteiger charge is -2.05. The fraction of sp³-hybridized carbons (Fsp3) is 0.333. The van der Waals surface area contributed by atoms with E-state index < -0.39 is 11.7 Å². The van der Waals surface area contributed by atoms with Gasteiger partial charge >= 0.3 is 6.18 Å². The van der Waals surface area contributed by atoms with Gasteiger partial charge in [-0.3, -0.25) is 0 Å². The van der Waals surface area contributed by atoms with E-state index in [1.54, 1.807) is 0 Å². The van der Waals surface area contributed by atoms with Crippen molar-refractivity contribution < 1.29 is 17.7 Å². The molecule has 0 saturated carbocycles. The first kappa shape index (κ1) is 13.5. The average Bonchev–Trinajstić information content (AvgIpc) is 2.84. The molecule has 0 saturated heterocycles. The summed E-state index contributed by atoms with van der Waals surface area (Å²) in [5.74, 6) is 0.709. The molecular weight excluding hydrogens is 259 g/mol. The molecule has 19 heavy (non-hydrogen) atoms. The predicted molar refractivity (Wildman–Crippen MR) is 62.1 cm³/mol. The molecule has 102 valence electrons. The van der Waals surface area contributed by atoms with Crippen molar-refractivity contribution in [1.29, 1.82) is 0 Å². The van der Waals surface area contributed by atoms with E-state index in [2.05, 4.69) is 10.1 Å². The quantitative estimate of drug-likeness (QED) is 0.928. The molecular formula is C12H12F3N3O. The minimum atomic E-state index is -4.35. The van der Waals surface area contributed by atoms with Gasteiger partial charge in [-0.25, -0.2) is 0 Å². The molecule has 0 atom stereocenters. The summed E-state index contributed by atoms with van der Waals surface area (Å²) in [6.07, 6.45) is -3.04. The third kappa shape index (κ3) is 3.31. The van der Waals surface area contributed by atoms with E-state index in [0.717, 1.165) is 18.6 Å². The number of nitrogens with two attached hydrogens (primary N) is 1. The Balaban J connectivity index is 2.16. The van der Waals surface area contributed by atoms with Crippen LogP contribution in [0.4, 0.5) is 13.2 Å². The standard InChI is InChI=1S/C12H12F3N3O/c13-12(14,15)9-5-3-8(4-6-9)11-17-10(18-19-11)2-1-7-16/h3-6H,1-2,7,16H2. The molecule has 1 heterocycles. The van der Waals surface area contributed by atoms with E-state index >= 15 is 0 Å². The molecule has 7 heteroatoms. The minimum Gasteiger partial charge on any atom is -0.334 e. The van der Waals surface area contributed by atoms with Crippen LogP contribution in [0.25, 0.3) is 11.5 Å².